The number of rotatable bonds is 3. The van der Waals surface area contributed by atoms with Gasteiger partial charge in [0.1, 0.15) is 6.04 Å². The third-order valence-electron chi connectivity index (χ3n) is 4.46. The molecule has 1 saturated heterocycles. The van der Waals surface area contributed by atoms with Gasteiger partial charge >= 0.3 is 5.97 Å². The monoisotopic (exact) mass is 275 g/mol. The summed E-state index contributed by atoms with van der Waals surface area (Å²) in [5.41, 5.74) is 0.867. The van der Waals surface area contributed by atoms with Crippen LogP contribution in [-0.2, 0) is 9.53 Å². The highest BCUT2D eigenvalue weighted by molar-refractivity contribution is 5.75. The Bertz CT molecular complexity index is 460. The summed E-state index contributed by atoms with van der Waals surface area (Å²) >= 11 is 0. The van der Waals surface area contributed by atoms with Crippen molar-refractivity contribution < 1.29 is 14.6 Å². The first-order valence-electron chi connectivity index (χ1n) is 7.42. The van der Waals surface area contributed by atoms with Gasteiger partial charge in [0, 0.05) is 12.6 Å². The summed E-state index contributed by atoms with van der Waals surface area (Å²) in [6.07, 6.45) is 4.67. The van der Waals surface area contributed by atoms with E-state index in [1.54, 1.807) is 0 Å². The molecule has 0 bridgehead atoms. The van der Waals surface area contributed by atoms with E-state index in [0.717, 1.165) is 18.4 Å². The Hall–Kier alpha value is -1.39. The predicted octanol–water partition coefficient (Wildman–Crippen LogP) is 2.46. The molecule has 108 valence electrons. The molecule has 1 aromatic carbocycles. The molecular weight excluding hydrogens is 254 g/mol. The lowest BCUT2D eigenvalue weighted by molar-refractivity contribution is -0.154. The van der Waals surface area contributed by atoms with Crippen LogP contribution < -0.4 is 0 Å². The minimum absolute atomic E-state index is 0.211. The number of morpholine rings is 1. The van der Waals surface area contributed by atoms with Gasteiger partial charge in [-0.15, -0.1) is 0 Å². The van der Waals surface area contributed by atoms with Gasteiger partial charge in [-0.2, -0.15) is 0 Å². The topological polar surface area (TPSA) is 49.8 Å². The molecule has 0 aromatic heterocycles. The van der Waals surface area contributed by atoms with E-state index in [1.165, 1.54) is 12.8 Å². The molecule has 0 amide bonds. The van der Waals surface area contributed by atoms with Crippen molar-refractivity contribution >= 4 is 5.97 Å². The predicted molar refractivity (Wildman–Crippen MR) is 75.5 cm³/mol. The van der Waals surface area contributed by atoms with E-state index >= 15 is 0 Å². The second kappa shape index (κ2) is 5.94. The average molecular weight is 275 g/mol. The molecule has 2 aliphatic rings. The van der Waals surface area contributed by atoms with Crippen molar-refractivity contribution in [1.29, 1.82) is 0 Å². The minimum Gasteiger partial charge on any atom is -0.480 e. The lowest BCUT2D eigenvalue weighted by Gasteiger charge is -2.46. The Morgan fingerprint density at radius 2 is 2.00 bits per heavy atom. The Labute approximate surface area is 119 Å². The molecule has 1 aromatic rings. The standard InChI is InChI=1S/C16H21NO3/c18-16(19)15(12-6-2-1-3-7-12)17-10-11-20-14-9-5-4-8-13(14)17/h1-3,6-7,13-15H,4-5,8-11H2,(H,18,19). The van der Waals surface area contributed by atoms with Crippen LogP contribution in [0.4, 0.5) is 0 Å². The molecule has 4 heteroatoms. The van der Waals surface area contributed by atoms with Crippen molar-refractivity contribution in [1.82, 2.24) is 4.90 Å². The van der Waals surface area contributed by atoms with Gasteiger partial charge in [-0.1, -0.05) is 43.2 Å². The fraction of sp³-hybridized carbons (Fsp3) is 0.562. The van der Waals surface area contributed by atoms with E-state index < -0.39 is 12.0 Å². The summed E-state index contributed by atoms with van der Waals surface area (Å²) in [5, 5.41) is 9.69. The van der Waals surface area contributed by atoms with Gasteiger partial charge in [0.05, 0.1) is 12.7 Å². The van der Waals surface area contributed by atoms with Crippen molar-refractivity contribution in [2.45, 2.75) is 43.9 Å². The molecule has 1 heterocycles. The molecule has 20 heavy (non-hydrogen) atoms. The number of nitrogens with zero attached hydrogens (tertiary/aromatic N) is 1. The maximum Gasteiger partial charge on any atom is 0.325 e. The van der Waals surface area contributed by atoms with E-state index in [0.29, 0.717) is 13.2 Å². The van der Waals surface area contributed by atoms with Crippen LogP contribution in [0.5, 0.6) is 0 Å². The summed E-state index contributed by atoms with van der Waals surface area (Å²) in [6, 6.07) is 9.25. The van der Waals surface area contributed by atoms with Crippen LogP contribution in [0.25, 0.3) is 0 Å². The van der Waals surface area contributed by atoms with Gasteiger partial charge in [-0.25, -0.2) is 0 Å². The molecule has 3 rings (SSSR count). The van der Waals surface area contributed by atoms with Gasteiger partial charge in [0.15, 0.2) is 0 Å². The van der Waals surface area contributed by atoms with E-state index in [2.05, 4.69) is 4.90 Å². The maximum atomic E-state index is 11.8. The van der Waals surface area contributed by atoms with Crippen LogP contribution in [0.3, 0.4) is 0 Å². The molecule has 0 radical (unpaired) electrons. The molecule has 3 atom stereocenters. The molecule has 2 fully saturated rings. The fourth-order valence-electron chi connectivity index (χ4n) is 3.56. The largest absolute Gasteiger partial charge is 0.480 e. The van der Waals surface area contributed by atoms with Crippen LogP contribution in [0.1, 0.15) is 37.3 Å². The molecule has 4 nitrogen and oxygen atoms in total. The number of ether oxygens (including phenoxy) is 1. The van der Waals surface area contributed by atoms with Crippen molar-refractivity contribution in [2.75, 3.05) is 13.2 Å². The number of carboxylic acid groups (broad SMARTS) is 1. The quantitative estimate of drug-likeness (QED) is 0.920. The smallest absolute Gasteiger partial charge is 0.325 e. The number of aliphatic carboxylic acids is 1. The molecule has 1 N–H and O–H groups in total. The highest BCUT2D eigenvalue weighted by atomic mass is 16.5. The van der Waals surface area contributed by atoms with Crippen LogP contribution in [0, 0.1) is 0 Å². The highest BCUT2D eigenvalue weighted by Crippen LogP contribution is 2.34. The van der Waals surface area contributed by atoms with Gasteiger partial charge in [-0.3, -0.25) is 9.69 Å². The highest BCUT2D eigenvalue weighted by Gasteiger charge is 2.40. The summed E-state index contributed by atoms with van der Waals surface area (Å²) < 4.78 is 5.84. The zero-order chi connectivity index (χ0) is 13.9. The number of benzene rings is 1. The van der Waals surface area contributed by atoms with E-state index in [1.807, 2.05) is 30.3 Å². The Kier molecular flexibility index (Phi) is 4.03. The first-order chi connectivity index (χ1) is 9.77. The van der Waals surface area contributed by atoms with E-state index in [9.17, 15) is 9.90 Å². The van der Waals surface area contributed by atoms with Gasteiger partial charge < -0.3 is 9.84 Å². The third-order valence-corrected chi connectivity index (χ3v) is 4.46. The van der Waals surface area contributed by atoms with Gasteiger partial charge in [-0.05, 0) is 18.4 Å². The normalized spacial score (nSPS) is 28.6. The Morgan fingerprint density at radius 3 is 2.75 bits per heavy atom. The van der Waals surface area contributed by atoms with Crippen LogP contribution in [0.2, 0.25) is 0 Å². The lowest BCUT2D eigenvalue weighted by Crippen LogP contribution is -2.55. The lowest BCUT2D eigenvalue weighted by atomic mass is 9.88. The Balaban J connectivity index is 1.88. The molecular formula is C16H21NO3. The van der Waals surface area contributed by atoms with Gasteiger partial charge in [0.25, 0.3) is 0 Å². The summed E-state index contributed by atoms with van der Waals surface area (Å²) in [6.45, 7) is 1.34. The van der Waals surface area contributed by atoms with Crippen molar-refractivity contribution in [3.05, 3.63) is 35.9 Å². The van der Waals surface area contributed by atoms with Crippen LogP contribution in [0.15, 0.2) is 30.3 Å². The summed E-state index contributed by atoms with van der Waals surface area (Å²) in [5.74, 6) is -0.762. The maximum absolute atomic E-state index is 11.8. The van der Waals surface area contributed by atoms with Crippen molar-refractivity contribution in [3.63, 3.8) is 0 Å². The number of hydrogen-bond acceptors (Lipinski definition) is 3. The first kappa shape index (κ1) is 13.6. The van der Waals surface area contributed by atoms with Crippen LogP contribution in [-0.4, -0.2) is 41.3 Å². The fourth-order valence-corrected chi connectivity index (χ4v) is 3.56. The van der Waals surface area contributed by atoms with Crippen LogP contribution >= 0.6 is 0 Å². The third kappa shape index (κ3) is 2.58. The SMILES string of the molecule is O=C(O)C(c1ccccc1)N1CCOC2CCCCC21. The minimum atomic E-state index is -0.762. The molecule has 3 unspecified atom stereocenters. The zero-order valence-electron chi connectivity index (χ0n) is 11.6. The number of carboxylic acids is 1. The summed E-state index contributed by atoms with van der Waals surface area (Å²) in [4.78, 5) is 13.9. The molecule has 0 spiro atoms. The van der Waals surface area contributed by atoms with Gasteiger partial charge in [0.2, 0.25) is 0 Å². The zero-order valence-corrected chi connectivity index (χ0v) is 11.6. The van der Waals surface area contributed by atoms with Crippen molar-refractivity contribution in [3.8, 4) is 0 Å². The Morgan fingerprint density at radius 1 is 1.25 bits per heavy atom. The van der Waals surface area contributed by atoms with Crippen molar-refractivity contribution in [2.24, 2.45) is 0 Å². The summed E-state index contributed by atoms with van der Waals surface area (Å²) in [7, 11) is 0. The molecule has 1 saturated carbocycles. The average Bonchev–Trinajstić information content (AvgIpc) is 2.48. The number of carbonyl (C=O) groups is 1. The second-order valence-electron chi connectivity index (χ2n) is 5.65. The molecule has 1 aliphatic carbocycles. The van der Waals surface area contributed by atoms with E-state index in [-0.39, 0.29) is 12.1 Å². The van der Waals surface area contributed by atoms with E-state index in [4.69, 9.17) is 4.74 Å². The number of fused-ring (bicyclic) bond motifs is 1. The number of hydrogen-bond donors (Lipinski definition) is 1. The molecule has 1 aliphatic heterocycles. The first-order valence-corrected chi connectivity index (χ1v) is 7.42. The second-order valence-corrected chi connectivity index (χ2v) is 5.65.